The quantitative estimate of drug-likeness (QED) is 0.391. The van der Waals surface area contributed by atoms with Gasteiger partial charge in [0.25, 0.3) is 0 Å². The number of hydrogen-bond acceptors (Lipinski definition) is 4. The molecule has 0 unspecified atom stereocenters. The minimum absolute atomic E-state index is 0. The van der Waals surface area contributed by atoms with E-state index >= 15 is 0 Å². The van der Waals surface area contributed by atoms with Crippen molar-refractivity contribution < 1.29 is 4.52 Å². The highest BCUT2D eigenvalue weighted by molar-refractivity contribution is 14.0. The molecule has 0 fully saturated rings. The first-order valence-electron chi connectivity index (χ1n) is 8.34. The average molecular weight is 495 g/mol. The highest BCUT2D eigenvalue weighted by atomic mass is 127. The van der Waals surface area contributed by atoms with Gasteiger partial charge in [-0.1, -0.05) is 37.5 Å². The molecule has 2 rings (SSSR count). The molecule has 0 aliphatic heterocycles. The number of aryl methyl sites for hydroxylation is 1. The largest absolute Gasteiger partial charge is 0.357 e. The summed E-state index contributed by atoms with van der Waals surface area (Å²) in [6.45, 7) is 9.98. The van der Waals surface area contributed by atoms with Gasteiger partial charge in [0.05, 0.1) is 11.6 Å². The smallest absolute Gasteiger partial charge is 0.232 e. The van der Waals surface area contributed by atoms with Gasteiger partial charge in [0.1, 0.15) is 6.54 Å². The van der Waals surface area contributed by atoms with Crippen LogP contribution in [0.1, 0.15) is 45.1 Å². The molecule has 1 N–H and O–H groups in total. The molecule has 2 heterocycles. The molecule has 0 spiro atoms. The third kappa shape index (κ3) is 6.15. The maximum absolute atomic E-state index is 6.06. The van der Waals surface area contributed by atoms with Gasteiger partial charge in [-0.2, -0.15) is 4.98 Å². The molecule has 9 heteroatoms. The van der Waals surface area contributed by atoms with Crippen LogP contribution in [0.4, 0.5) is 0 Å². The van der Waals surface area contributed by atoms with Crippen molar-refractivity contribution in [3.63, 3.8) is 0 Å². The number of nitrogens with one attached hydrogen (secondary N) is 1. The van der Waals surface area contributed by atoms with E-state index in [0.29, 0.717) is 24.8 Å². The van der Waals surface area contributed by atoms with Gasteiger partial charge in [-0.3, -0.25) is 0 Å². The SMILES string of the molecule is CCNC(=NCc1noc(C(C)(C)C)n1)N(C)Cc1cc(Cl)cn1C.I. The molecule has 0 amide bonds. The second kappa shape index (κ2) is 9.59. The number of guanidine groups is 1. The molecule has 2 aromatic heterocycles. The molecule has 2 aromatic rings. The first-order chi connectivity index (χ1) is 11.7. The minimum Gasteiger partial charge on any atom is -0.357 e. The summed E-state index contributed by atoms with van der Waals surface area (Å²) < 4.78 is 7.32. The monoisotopic (exact) mass is 494 g/mol. The van der Waals surface area contributed by atoms with Gasteiger partial charge >= 0.3 is 0 Å². The summed E-state index contributed by atoms with van der Waals surface area (Å²) >= 11 is 6.06. The summed E-state index contributed by atoms with van der Waals surface area (Å²) in [5, 5.41) is 8.03. The van der Waals surface area contributed by atoms with Crippen molar-refractivity contribution in [2.75, 3.05) is 13.6 Å². The van der Waals surface area contributed by atoms with Crippen LogP contribution >= 0.6 is 35.6 Å². The van der Waals surface area contributed by atoms with Crippen molar-refractivity contribution in [3.8, 4) is 0 Å². The fraction of sp³-hybridized carbons (Fsp3) is 0.588. The molecule has 26 heavy (non-hydrogen) atoms. The predicted molar refractivity (Wildman–Crippen MR) is 115 cm³/mol. The Hall–Kier alpha value is -1.29. The molecule has 0 aliphatic carbocycles. The van der Waals surface area contributed by atoms with Crippen molar-refractivity contribution in [1.82, 2.24) is 24.9 Å². The number of rotatable bonds is 5. The normalized spacial score (nSPS) is 12.0. The van der Waals surface area contributed by atoms with Crippen LogP contribution in [0.5, 0.6) is 0 Å². The van der Waals surface area contributed by atoms with Gasteiger partial charge < -0.3 is 19.3 Å². The van der Waals surface area contributed by atoms with Crippen LogP contribution in [0, 0.1) is 0 Å². The standard InChI is InChI=1S/C17H27ClN6O.HI/c1-7-19-16(24(6)11-13-8-12(18)10-23(13)5)20-9-14-21-15(25-22-14)17(2,3)4;/h8,10H,7,9,11H2,1-6H3,(H,19,20);1H. The predicted octanol–water partition coefficient (Wildman–Crippen LogP) is 3.57. The molecule has 0 saturated carbocycles. The lowest BCUT2D eigenvalue weighted by Gasteiger charge is -2.22. The Morgan fingerprint density at radius 2 is 2.12 bits per heavy atom. The highest BCUT2D eigenvalue weighted by Gasteiger charge is 2.21. The van der Waals surface area contributed by atoms with E-state index in [9.17, 15) is 0 Å². The van der Waals surface area contributed by atoms with Crippen LogP contribution in [0.3, 0.4) is 0 Å². The summed E-state index contributed by atoms with van der Waals surface area (Å²) in [6.07, 6.45) is 1.89. The Morgan fingerprint density at radius 3 is 2.62 bits per heavy atom. The molecule has 0 bridgehead atoms. The number of halogens is 2. The van der Waals surface area contributed by atoms with E-state index in [0.717, 1.165) is 23.2 Å². The lowest BCUT2D eigenvalue weighted by molar-refractivity contribution is 0.318. The van der Waals surface area contributed by atoms with Gasteiger partial charge in [-0.05, 0) is 13.0 Å². The Labute approximate surface area is 177 Å². The highest BCUT2D eigenvalue weighted by Crippen LogP contribution is 2.19. The van der Waals surface area contributed by atoms with Gasteiger partial charge in [0.2, 0.25) is 5.89 Å². The van der Waals surface area contributed by atoms with Crippen LogP contribution in [0.25, 0.3) is 0 Å². The molecule has 0 saturated heterocycles. The number of nitrogens with zero attached hydrogens (tertiary/aromatic N) is 5. The van der Waals surface area contributed by atoms with Crippen molar-refractivity contribution in [1.29, 1.82) is 0 Å². The number of aromatic nitrogens is 3. The van der Waals surface area contributed by atoms with Crippen LogP contribution in [-0.2, 0) is 25.6 Å². The van der Waals surface area contributed by atoms with E-state index in [4.69, 9.17) is 16.1 Å². The van der Waals surface area contributed by atoms with Crippen molar-refractivity contribution in [2.45, 2.75) is 46.2 Å². The van der Waals surface area contributed by atoms with Crippen LogP contribution in [-0.4, -0.2) is 39.2 Å². The van der Waals surface area contributed by atoms with E-state index in [1.807, 2.05) is 63.5 Å². The Balaban J connectivity index is 0.00000338. The fourth-order valence-electron chi connectivity index (χ4n) is 2.28. The first-order valence-corrected chi connectivity index (χ1v) is 8.71. The molecule has 0 aliphatic rings. The topological polar surface area (TPSA) is 71.5 Å². The molecule has 7 nitrogen and oxygen atoms in total. The van der Waals surface area contributed by atoms with E-state index in [1.54, 1.807) is 0 Å². The first kappa shape index (κ1) is 22.8. The molecular formula is C17H28ClIN6O. The van der Waals surface area contributed by atoms with E-state index in [1.165, 1.54) is 0 Å². The molecular weight excluding hydrogens is 467 g/mol. The molecule has 0 atom stereocenters. The zero-order valence-electron chi connectivity index (χ0n) is 16.2. The minimum atomic E-state index is -0.165. The third-order valence-electron chi connectivity index (χ3n) is 3.65. The van der Waals surface area contributed by atoms with Crippen molar-refractivity contribution in [3.05, 3.63) is 34.7 Å². The maximum Gasteiger partial charge on any atom is 0.232 e. The summed E-state index contributed by atoms with van der Waals surface area (Å²) in [5.41, 5.74) is 0.940. The Kier molecular flexibility index (Phi) is 8.39. The van der Waals surface area contributed by atoms with Crippen LogP contribution in [0.2, 0.25) is 5.02 Å². The third-order valence-corrected chi connectivity index (χ3v) is 3.86. The Bertz CT molecular complexity index is 734. The number of hydrogen-bond donors (Lipinski definition) is 1. The fourth-order valence-corrected chi connectivity index (χ4v) is 2.55. The van der Waals surface area contributed by atoms with Crippen molar-refractivity contribution in [2.24, 2.45) is 12.0 Å². The zero-order chi connectivity index (χ0) is 18.6. The average Bonchev–Trinajstić information content (AvgIpc) is 3.10. The zero-order valence-corrected chi connectivity index (χ0v) is 19.3. The lowest BCUT2D eigenvalue weighted by Crippen LogP contribution is -2.38. The van der Waals surface area contributed by atoms with E-state index < -0.39 is 0 Å². The van der Waals surface area contributed by atoms with Crippen molar-refractivity contribution >= 4 is 41.5 Å². The summed E-state index contributed by atoms with van der Waals surface area (Å²) in [6, 6.07) is 1.95. The molecule has 0 radical (unpaired) electrons. The maximum atomic E-state index is 6.06. The van der Waals surface area contributed by atoms with Gasteiger partial charge in [0, 0.05) is 37.9 Å². The second-order valence-corrected chi connectivity index (χ2v) is 7.49. The lowest BCUT2D eigenvalue weighted by atomic mass is 9.97. The van der Waals surface area contributed by atoms with E-state index in [2.05, 4.69) is 20.4 Å². The van der Waals surface area contributed by atoms with Crippen LogP contribution in [0.15, 0.2) is 21.8 Å². The van der Waals surface area contributed by atoms with Gasteiger partial charge in [-0.25, -0.2) is 4.99 Å². The van der Waals surface area contributed by atoms with E-state index in [-0.39, 0.29) is 29.4 Å². The molecule has 0 aromatic carbocycles. The van der Waals surface area contributed by atoms with Gasteiger partial charge in [0.15, 0.2) is 11.8 Å². The van der Waals surface area contributed by atoms with Crippen LogP contribution < -0.4 is 5.32 Å². The summed E-state index contributed by atoms with van der Waals surface area (Å²) in [7, 11) is 3.96. The molecule has 146 valence electrons. The second-order valence-electron chi connectivity index (χ2n) is 7.05. The van der Waals surface area contributed by atoms with Gasteiger partial charge in [-0.15, -0.1) is 24.0 Å². The number of aliphatic imine (C=N–C) groups is 1. The summed E-state index contributed by atoms with van der Waals surface area (Å²) in [5.74, 6) is 1.98. The Morgan fingerprint density at radius 1 is 1.42 bits per heavy atom. The summed E-state index contributed by atoms with van der Waals surface area (Å²) in [4.78, 5) is 11.1.